The summed E-state index contributed by atoms with van der Waals surface area (Å²) in [5.41, 5.74) is 9.87. The summed E-state index contributed by atoms with van der Waals surface area (Å²) in [6, 6.07) is 57.6. The summed E-state index contributed by atoms with van der Waals surface area (Å²) in [5, 5.41) is 10.2. The molecule has 9 rings (SSSR count). The minimum atomic E-state index is 1.17. The molecular formula is C42H27N. The number of hydrogen-bond donors (Lipinski definition) is 1. The molecule has 200 valence electrons. The number of rotatable bonds is 3. The zero-order chi connectivity index (χ0) is 28.3. The summed E-state index contributed by atoms with van der Waals surface area (Å²) in [6.07, 6.45) is 0. The van der Waals surface area contributed by atoms with Gasteiger partial charge in [-0.15, -0.1) is 0 Å². The highest BCUT2D eigenvalue weighted by molar-refractivity contribution is 6.23. The van der Waals surface area contributed by atoms with Gasteiger partial charge in [0.2, 0.25) is 0 Å². The van der Waals surface area contributed by atoms with E-state index >= 15 is 0 Å². The first-order chi connectivity index (χ1) is 21.3. The van der Waals surface area contributed by atoms with E-state index in [1.54, 1.807) is 0 Å². The van der Waals surface area contributed by atoms with Crippen LogP contribution in [0.2, 0.25) is 0 Å². The molecule has 0 radical (unpaired) electrons. The lowest BCUT2D eigenvalue weighted by Crippen LogP contribution is -1.92. The van der Waals surface area contributed by atoms with Crippen LogP contribution in [0.1, 0.15) is 0 Å². The first-order valence-electron chi connectivity index (χ1n) is 14.9. The Hall–Kier alpha value is -5.66. The maximum Gasteiger partial charge on any atom is 0.0465 e. The van der Waals surface area contributed by atoms with Gasteiger partial charge in [-0.1, -0.05) is 133 Å². The summed E-state index contributed by atoms with van der Waals surface area (Å²) in [4.78, 5) is 3.56. The third-order valence-corrected chi connectivity index (χ3v) is 8.98. The van der Waals surface area contributed by atoms with Crippen molar-refractivity contribution >= 4 is 54.1 Å². The zero-order valence-electron chi connectivity index (χ0n) is 23.5. The van der Waals surface area contributed by atoms with Crippen molar-refractivity contribution in [3.63, 3.8) is 0 Å². The van der Waals surface area contributed by atoms with E-state index in [0.29, 0.717) is 0 Å². The van der Waals surface area contributed by atoms with Crippen molar-refractivity contribution in [1.29, 1.82) is 0 Å². The Labute approximate surface area is 249 Å². The predicted octanol–water partition coefficient (Wildman–Crippen LogP) is 11.8. The molecule has 0 bridgehead atoms. The Bertz CT molecular complexity index is 2450. The van der Waals surface area contributed by atoms with Gasteiger partial charge in [0.15, 0.2) is 0 Å². The molecule has 1 N–H and O–H groups in total. The van der Waals surface area contributed by atoms with Crippen molar-refractivity contribution in [1.82, 2.24) is 4.98 Å². The molecule has 1 heterocycles. The van der Waals surface area contributed by atoms with E-state index in [9.17, 15) is 0 Å². The normalized spacial score (nSPS) is 11.7. The van der Waals surface area contributed by atoms with Gasteiger partial charge < -0.3 is 4.98 Å². The number of hydrogen-bond acceptors (Lipinski definition) is 0. The summed E-state index contributed by atoms with van der Waals surface area (Å²) < 4.78 is 0. The van der Waals surface area contributed by atoms with Crippen molar-refractivity contribution in [2.24, 2.45) is 0 Å². The number of para-hydroxylation sites is 1. The fourth-order valence-corrected chi connectivity index (χ4v) is 7.05. The summed E-state index contributed by atoms with van der Waals surface area (Å²) in [7, 11) is 0. The minimum Gasteiger partial charge on any atom is -0.355 e. The molecule has 0 unspecified atom stereocenters. The number of aromatic amines is 1. The van der Waals surface area contributed by atoms with Crippen LogP contribution in [0.4, 0.5) is 0 Å². The van der Waals surface area contributed by atoms with Gasteiger partial charge in [0.05, 0.1) is 0 Å². The topological polar surface area (TPSA) is 15.8 Å². The summed E-state index contributed by atoms with van der Waals surface area (Å²) in [5.74, 6) is 0. The molecule has 0 aliphatic rings. The molecule has 0 spiro atoms. The molecule has 0 atom stereocenters. The maximum absolute atomic E-state index is 3.56. The molecule has 0 aliphatic carbocycles. The van der Waals surface area contributed by atoms with Gasteiger partial charge in [-0.05, 0) is 90.0 Å². The van der Waals surface area contributed by atoms with Crippen molar-refractivity contribution < 1.29 is 0 Å². The van der Waals surface area contributed by atoms with Crippen LogP contribution in [-0.2, 0) is 0 Å². The van der Waals surface area contributed by atoms with Gasteiger partial charge in [-0.25, -0.2) is 0 Å². The fourth-order valence-electron chi connectivity index (χ4n) is 7.05. The van der Waals surface area contributed by atoms with Crippen molar-refractivity contribution in [3.05, 3.63) is 158 Å². The van der Waals surface area contributed by atoms with E-state index in [0.717, 1.165) is 0 Å². The second-order valence-electron chi connectivity index (χ2n) is 11.4. The summed E-state index contributed by atoms with van der Waals surface area (Å²) in [6.45, 7) is 0. The van der Waals surface area contributed by atoms with Crippen molar-refractivity contribution in [2.75, 3.05) is 0 Å². The Morgan fingerprint density at radius 2 is 0.837 bits per heavy atom. The second-order valence-corrected chi connectivity index (χ2v) is 11.4. The van der Waals surface area contributed by atoms with Crippen LogP contribution in [0.25, 0.3) is 87.5 Å². The molecule has 9 aromatic rings. The highest BCUT2D eigenvalue weighted by atomic mass is 14.7. The monoisotopic (exact) mass is 545 g/mol. The van der Waals surface area contributed by atoms with E-state index in [1.807, 2.05) is 0 Å². The SMILES string of the molecule is c1cc(-c2ccc3[nH]c4ccccc4c3c2)cc(-c2c3ccccc3c(-c3cccc4ccccc34)c3ccccc23)c1. The molecule has 0 saturated carbocycles. The van der Waals surface area contributed by atoms with E-state index < -0.39 is 0 Å². The molecule has 0 saturated heterocycles. The molecule has 1 aromatic heterocycles. The Morgan fingerprint density at radius 3 is 1.60 bits per heavy atom. The zero-order valence-corrected chi connectivity index (χ0v) is 23.5. The van der Waals surface area contributed by atoms with Crippen molar-refractivity contribution in [3.8, 4) is 33.4 Å². The van der Waals surface area contributed by atoms with Crippen LogP contribution in [0.15, 0.2) is 158 Å². The third kappa shape index (κ3) is 3.72. The summed E-state index contributed by atoms with van der Waals surface area (Å²) >= 11 is 0. The number of H-pyrrole nitrogens is 1. The molecule has 8 aromatic carbocycles. The average Bonchev–Trinajstić information content (AvgIpc) is 3.45. The van der Waals surface area contributed by atoms with Crippen LogP contribution in [0.5, 0.6) is 0 Å². The van der Waals surface area contributed by atoms with Crippen LogP contribution in [0, 0.1) is 0 Å². The van der Waals surface area contributed by atoms with Crippen molar-refractivity contribution in [2.45, 2.75) is 0 Å². The van der Waals surface area contributed by atoms with Gasteiger partial charge in [-0.2, -0.15) is 0 Å². The molecule has 43 heavy (non-hydrogen) atoms. The largest absolute Gasteiger partial charge is 0.355 e. The second kappa shape index (κ2) is 9.44. The molecule has 0 fully saturated rings. The Balaban J connectivity index is 1.31. The van der Waals surface area contributed by atoms with Gasteiger partial charge >= 0.3 is 0 Å². The third-order valence-electron chi connectivity index (χ3n) is 8.98. The lowest BCUT2D eigenvalue weighted by atomic mass is 9.84. The van der Waals surface area contributed by atoms with Crippen LogP contribution < -0.4 is 0 Å². The Kier molecular flexibility index (Phi) is 5.27. The number of fused-ring (bicyclic) bond motifs is 6. The molecule has 0 amide bonds. The lowest BCUT2D eigenvalue weighted by Gasteiger charge is -2.19. The standard InChI is InChI=1S/C42H27N/c1-2-15-31-27(11-1)12-10-21-33(31)42-36-19-5-3-17-34(36)41(35-18-4-6-20-37(35)42)30-14-9-13-28(25-30)29-23-24-40-38(26-29)32-16-7-8-22-39(32)43-40/h1-26,43H. The number of nitrogens with one attached hydrogen (secondary N) is 1. The van der Waals surface area contributed by atoms with E-state index in [2.05, 4.69) is 163 Å². The van der Waals surface area contributed by atoms with Gasteiger partial charge in [0, 0.05) is 21.8 Å². The van der Waals surface area contributed by atoms with E-state index in [4.69, 9.17) is 0 Å². The number of aromatic nitrogens is 1. The van der Waals surface area contributed by atoms with Crippen LogP contribution in [0.3, 0.4) is 0 Å². The first kappa shape index (κ1) is 24.0. The highest BCUT2D eigenvalue weighted by Crippen LogP contribution is 2.45. The number of benzene rings is 8. The quantitative estimate of drug-likeness (QED) is 0.213. The minimum absolute atomic E-state index is 1.17. The lowest BCUT2D eigenvalue weighted by molar-refractivity contribution is 1.54. The van der Waals surface area contributed by atoms with Gasteiger partial charge in [-0.3, -0.25) is 0 Å². The molecule has 0 aliphatic heterocycles. The average molecular weight is 546 g/mol. The van der Waals surface area contributed by atoms with Crippen LogP contribution >= 0.6 is 0 Å². The molecule has 1 heteroatoms. The fraction of sp³-hybridized carbons (Fsp3) is 0. The predicted molar refractivity (Wildman–Crippen MR) is 185 cm³/mol. The Morgan fingerprint density at radius 1 is 0.302 bits per heavy atom. The van der Waals surface area contributed by atoms with E-state index in [-0.39, 0.29) is 0 Å². The highest BCUT2D eigenvalue weighted by Gasteiger charge is 2.18. The molecule has 1 nitrogen and oxygen atoms in total. The van der Waals surface area contributed by atoms with Crippen LogP contribution in [-0.4, -0.2) is 4.98 Å². The van der Waals surface area contributed by atoms with Gasteiger partial charge in [0.25, 0.3) is 0 Å². The molecular weight excluding hydrogens is 518 g/mol. The maximum atomic E-state index is 3.56. The first-order valence-corrected chi connectivity index (χ1v) is 14.9. The smallest absolute Gasteiger partial charge is 0.0465 e. The van der Waals surface area contributed by atoms with Gasteiger partial charge in [0.1, 0.15) is 0 Å². The van der Waals surface area contributed by atoms with E-state index in [1.165, 1.54) is 87.5 Å².